The quantitative estimate of drug-likeness (QED) is 0.305. The lowest BCUT2D eigenvalue weighted by Crippen LogP contribution is -2.28. The molecule has 31 heavy (non-hydrogen) atoms. The third kappa shape index (κ3) is 3.20. The van der Waals surface area contributed by atoms with Gasteiger partial charge in [-0.15, -0.1) is 0 Å². The van der Waals surface area contributed by atoms with E-state index in [0.29, 0.717) is 17.1 Å². The molecule has 5 rings (SSSR count). The van der Waals surface area contributed by atoms with E-state index >= 15 is 0 Å². The van der Waals surface area contributed by atoms with Crippen LogP contribution in [0.1, 0.15) is 29.5 Å². The maximum atomic E-state index is 12.7. The summed E-state index contributed by atoms with van der Waals surface area (Å²) in [5, 5.41) is 5.38. The van der Waals surface area contributed by atoms with E-state index in [2.05, 4.69) is 5.10 Å². The fourth-order valence-corrected chi connectivity index (χ4v) is 4.93. The van der Waals surface area contributed by atoms with E-state index in [0.717, 1.165) is 11.4 Å². The zero-order valence-electron chi connectivity index (χ0n) is 16.7. The fraction of sp³-hybridized carbons (Fsp3) is 0.304. The Morgan fingerprint density at radius 2 is 1.90 bits per heavy atom. The van der Waals surface area contributed by atoms with Crippen LogP contribution in [0.25, 0.3) is 11.3 Å². The Bertz CT molecular complexity index is 1120. The number of allylic oxidation sites excluding steroid dienone is 2. The molecule has 1 saturated carbocycles. The van der Waals surface area contributed by atoms with Crippen LogP contribution in [0.4, 0.5) is 0 Å². The smallest absolute Gasteiger partial charge is 0.339 e. The van der Waals surface area contributed by atoms with Gasteiger partial charge in [0.1, 0.15) is 11.5 Å². The van der Waals surface area contributed by atoms with Crippen molar-refractivity contribution in [2.24, 2.45) is 28.8 Å². The molecule has 0 radical (unpaired) electrons. The summed E-state index contributed by atoms with van der Waals surface area (Å²) >= 11 is 6.11. The fourth-order valence-electron chi connectivity index (χ4n) is 4.74. The lowest BCUT2D eigenvalue weighted by Gasteiger charge is -2.13. The van der Waals surface area contributed by atoms with E-state index in [4.69, 9.17) is 20.8 Å². The van der Waals surface area contributed by atoms with Crippen LogP contribution in [0.5, 0.6) is 0 Å². The second-order valence-corrected chi connectivity index (χ2v) is 8.26. The molecular formula is C23H19ClN2O5. The van der Waals surface area contributed by atoms with Gasteiger partial charge in [0.15, 0.2) is 0 Å². The van der Waals surface area contributed by atoms with Gasteiger partial charge in [0, 0.05) is 5.56 Å². The molecule has 1 aromatic heterocycles. The SMILES string of the molecule is CCOC(=O)c1cc(-c2ccc(/C=N\N3C(=O)[C@@H]4[C@@H](C3=O)[C@H]3C=C[C@H]4C3)o2)ccc1Cl. The molecule has 1 aromatic carbocycles. The molecule has 0 unspecified atom stereocenters. The molecule has 2 amide bonds. The van der Waals surface area contributed by atoms with Crippen LogP contribution < -0.4 is 0 Å². The Morgan fingerprint density at radius 3 is 2.58 bits per heavy atom. The summed E-state index contributed by atoms with van der Waals surface area (Å²) in [6.07, 6.45) is 6.32. The zero-order chi connectivity index (χ0) is 21.7. The standard InChI is InChI=1S/C23H19ClN2O5/c1-2-30-23(29)16-10-12(5-7-17(16)24)18-8-6-15(31-18)11-25-26-21(27)19-13-3-4-14(9-13)20(19)22(26)28/h3-8,10-11,13-14,19-20H,2,9H2,1H3/b25-11-/t13-,14-,19-,20-/m0/s1. The molecule has 0 spiro atoms. The number of carbonyl (C=O) groups excluding carboxylic acids is 3. The lowest BCUT2D eigenvalue weighted by atomic mass is 9.85. The topological polar surface area (TPSA) is 89.2 Å². The van der Waals surface area contributed by atoms with Gasteiger partial charge in [-0.05, 0) is 55.5 Å². The number of hydrogen-bond acceptors (Lipinski definition) is 6. The number of carbonyl (C=O) groups is 3. The average molecular weight is 439 g/mol. The summed E-state index contributed by atoms with van der Waals surface area (Å²) in [6.45, 7) is 1.96. The van der Waals surface area contributed by atoms with Crippen LogP contribution >= 0.6 is 11.6 Å². The molecule has 3 aliphatic rings. The van der Waals surface area contributed by atoms with E-state index in [1.165, 1.54) is 6.21 Å². The molecule has 2 aliphatic carbocycles. The Morgan fingerprint density at radius 1 is 1.19 bits per heavy atom. The van der Waals surface area contributed by atoms with Crippen LogP contribution in [0, 0.1) is 23.7 Å². The van der Waals surface area contributed by atoms with Gasteiger partial charge in [0.2, 0.25) is 0 Å². The largest absolute Gasteiger partial charge is 0.462 e. The minimum absolute atomic E-state index is 0.139. The van der Waals surface area contributed by atoms with Crippen molar-refractivity contribution in [2.75, 3.05) is 6.61 Å². The second kappa shape index (κ2) is 7.50. The zero-order valence-corrected chi connectivity index (χ0v) is 17.4. The van der Waals surface area contributed by atoms with Gasteiger partial charge < -0.3 is 9.15 Å². The van der Waals surface area contributed by atoms with Crippen molar-refractivity contribution in [3.05, 3.63) is 58.8 Å². The van der Waals surface area contributed by atoms with Crippen LogP contribution in [0.15, 0.2) is 52.0 Å². The molecule has 1 aliphatic heterocycles. The van der Waals surface area contributed by atoms with Crippen LogP contribution in [-0.4, -0.2) is 35.6 Å². The van der Waals surface area contributed by atoms with Crippen molar-refractivity contribution in [1.82, 2.24) is 5.01 Å². The number of hydrogen-bond donors (Lipinski definition) is 0. The lowest BCUT2D eigenvalue weighted by molar-refractivity contribution is -0.140. The molecule has 0 N–H and O–H groups in total. The van der Waals surface area contributed by atoms with Gasteiger partial charge in [0.25, 0.3) is 11.8 Å². The average Bonchev–Trinajstić information content (AvgIpc) is 3.52. The summed E-state index contributed by atoms with van der Waals surface area (Å²) in [5.74, 6) is -0.436. The minimum atomic E-state index is -0.511. The highest BCUT2D eigenvalue weighted by Gasteiger charge is 2.59. The summed E-state index contributed by atoms with van der Waals surface area (Å²) in [5.41, 5.74) is 0.883. The summed E-state index contributed by atoms with van der Waals surface area (Å²) < 4.78 is 10.8. The van der Waals surface area contributed by atoms with Crippen LogP contribution in [0.2, 0.25) is 5.02 Å². The number of esters is 1. The number of imide groups is 1. The monoisotopic (exact) mass is 438 g/mol. The van der Waals surface area contributed by atoms with Crippen molar-refractivity contribution >= 4 is 35.6 Å². The summed E-state index contributed by atoms with van der Waals surface area (Å²) in [6, 6.07) is 8.31. The Balaban J connectivity index is 1.35. The highest BCUT2D eigenvalue weighted by atomic mass is 35.5. The van der Waals surface area contributed by atoms with Gasteiger partial charge in [-0.25, -0.2) is 4.79 Å². The summed E-state index contributed by atoms with van der Waals surface area (Å²) in [7, 11) is 0. The molecular weight excluding hydrogens is 420 g/mol. The predicted octanol–water partition coefficient (Wildman–Crippen LogP) is 3.92. The van der Waals surface area contributed by atoms with E-state index in [1.807, 2.05) is 12.2 Å². The third-order valence-electron chi connectivity index (χ3n) is 6.12. The number of furan rings is 1. The van der Waals surface area contributed by atoms with Crippen molar-refractivity contribution < 1.29 is 23.5 Å². The van der Waals surface area contributed by atoms with Crippen LogP contribution in [0.3, 0.4) is 0 Å². The Hall–Kier alpha value is -3.19. The van der Waals surface area contributed by atoms with E-state index < -0.39 is 5.97 Å². The van der Waals surface area contributed by atoms with Gasteiger partial charge in [-0.2, -0.15) is 10.1 Å². The second-order valence-electron chi connectivity index (χ2n) is 7.85. The highest BCUT2D eigenvalue weighted by molar-refractivity contribution is 6.33. The summed E-state index contributed by atoms with van der Waals surface area (Å²) in [4.78, 5) is 37.5. The first-order valence-corrected chi connectivity index (χ1v) is 10.5. The van der Waals surface area contributed by atoms with Gasteiger partial charge >= 0.3 is 5.97 Å². The maximum Gasteiger partial charge on any atom is 0.339 e. The first kappa shape index (κ1) is 19.8. The number of nitrogens with zero attached hydrogens (tertiary/aromatic N) is 2. The number of ether oxygens (including phenoxy) is 1. The first-order valence-electron chi connectivity index (χ1n) is 10.1. The van der Waals surface area contributed by atoms with E-state index in [9.17, 15) is 14.4 Å². The molecule has 2 aromatic rings. The van der Waals surface area contributed by atoms with Gasteiger partial charge in [-0.3, -0.25) is 9.59 Å². The highest BCUT2D eigenvalue weighted by Crippen LogP contribution is 2.52. The minimum Gasteiger partial charge on any atom is -0.462 e. The number of amides is 2. The molecule has 158 valence electrons. The Labute approximate surface area is 183 Å². The molecule has 1 saturated heterocycles. The van der Waals surface area contributed by atoms with E-state index in [1.54, 1.807) is 37.3 Å². The van der Waals surface area contributed by atoms with Crippen molar-refractivity contribution in [2.45, 2.75) is 13.3 Å². The van der Waals surface area contributed by atoms with E-state index in [-0.39, 0.29) is 52.7 Å². The Kier molecular flexibility index (Phi) is 4.78. The molecule has 2 heterocycles. The first-order chi connectivity index (χ1) is 15.0. The van der Waals surface area contributed by atoms with Crippen molar-refractivity contribution in [3.63, 3.8) is 0 Å². The number of rotatable bonds is 5. The predicted molar refractivity (Wildman–Crippen MR) is 112 cm³/mol. The number of hydrazone groups is 1. The van der Waals surface area contributed by atoms with Crippen molar-refractivity contribution in [1.29, 1.82) is 0 Å². The molecule has 4 atom stereocenters. The molecule has 2 bridgehead atoms. The number of benzene rings is 1. The van der Waals surface area contributed by atoms with Crippen LogP contribution in [-0.2, 0) is 14.3 Å². The van der Waals surface area contributed by atoms with Crippen molar-refractivity contribution in [3.8, 4) is 11.3 Å². The molecule has 8 heteroatoms. The van der Waals surface area contributed by atoms with Gasteiger partial charge in [0.05, 0.1) is 35.2 Å². The maximum absolute atomic E-state index is 12.7. The molecule has 2 fully saturated rings. The molecule has 7 nitrogen and oxygen atoms in total. The normalized spacial score (nSPS) is 26.3. The number of halogens is 1. The number of fused-ring (bicyclic) bond motifs is 5. The van der Waals surface area contributed by atoms with Gasteiger partial charge in [-0.1, -0.05) is 23.8 Å². The third-order valence-corrected chi connectivity index (χ3v) is 6.45.